The van der Waals surface area contributed by atoms with Crippen molar-refractivity contribution in [2.45, 2.75) is 11.8 Å². The van der Waals surface area contributed by atoms with Gasteiger partial charge in [-0.2, -0.15) is 9.29 Å². The van der Waals surface area contributed by atoms with Crippen molar-refractivity contribution in [1.82, 2.24) is 14.4 Å². The number of aromatic nitrogens is 2. The number of piperazine rings is 1. The first-order valence-corrected chi connectivity index (χ1v) is 12.4. The van der Waals surface area contributed by atoms with Crippen LogP contribution in [0.25, 0.3) is 22.8 Å². The van der Waals surface area contributed by atoms with Crippen LogP contribution in [0.3, 0.4) is 0 Å². The molecule has 5 rings (SSSR count). The predicted molar refractivity (Wildman–Crippen MR) is 127 cm³/mol. The summed E-state index contributed by atoms with van der Waals surface area (Å²) in [6, 6.07) is 20.6. The first kappa shape index (κ1) is 22.2. The largest absolute Gasteiger partial charge is 0.369 e. The number of hydrogen-bond acceptors (Lipinski definition) is 6. The van der Waals surface area contributed by atoms with Crippen molar-refractivity contribution in [1.29, 1.82) is 0 Å². The van der Waals surface area contributed by atoms with Gasteiger partial charge in [0, 0.05) is 37.4 Å². The molecule has 0 amide bonds. The van der Waals surface area contributed by atoms with Gasteiger partial charge in [-0.25, -0.2) is 12.8 Å². The first-order valence-electron chi connectivity index (χ1n) is 10.9. The smallest absolute Gasteiger partial charge is 0.259 e. The molecule has 3 aromatic carbocycles. The van der Waals surface area contributed by atoms with Crippen molar-refractivity contribution in [2.75, 3.05) is 31.1 Å². The Morgan fingerprint density at radius 1 is 0.882 bits per heavy atom. The van der Waals surface area contributed by atoms with Crippen molar-refractivity contribution in [2.24, 2.45) is 0 Å². The van der Waals surface area contributed by atoms with Crippen LogP contribution in [0.1, 0.15) is 5.56 Å². The Kier molecular flexibility index (Phi) is 5.89. The first-order chi connectivity index (χ1) is 16.4. The standard InChI is InChI=1S/C25H23FN4O3S/c1-18-6-8-19(9-7-18)24-27-25(33-28-24)22-4-2-3-5-23(22)34(31,32)30-16-14-29(15-17-30)21-12-10-20(26)11-13-21/h2-13H,14-17H2,1H3. The van der Waals surface area contributed by atoms with Crippen LogP contribution in [0.2, 0.25) is 0 Å². The number of halogens is 1. The molecule has 0 N–H and O–H groups in total. The lowest BCUT2D eigenvalue weighted by Crippen LogP contribution is -2.48. The maximum Gasteiger partial charge on any atom is 0.259 e. The predicted octanol–water partition coefficient (Wildman–Crippen LogP) is 4.36. The third-order valence-corrected chi connectivity index (χ3v) is 7.86. The number of sulfonamides is 1. The van der Waals surface area contributed by atoms with Gasteiger partial charge in [-0.05, 0) is 43.3 Å². The molecule has 1 saturated heterocycles. The summed E-state index contributed by atoms with van der Waals surface area (Å²) >= 11 is 0. The van der Waals surface area contributed by atoms with E-state index in [1.165, 1.54) is 16.4 Å². The molecule has 1 fully saturated rings. The molecule has 0 saturated carbocycles. The van der Waals surface area contributed by atoms with Gasteiger partial charge in [0.25, 0.3) is 5.89 Å². The molecule has 0 bridgehead atoms. The Morgan fingerprint density at radius 2 is 1.56 bits per heavy atom. The number of rotatable bonds is 5. The Labute approximate surface area is 197 Å². The number of benzene rings is 3. The van der Waals surface area contributed by atoms with Gasteiger partial charge in [-0.15, -0.1) is 0 Å². The molecule has 0 spiro atoms. The van der Waals surface area contributed by atoms with Crippen molar-refractivity contribution < 1.29 is 17.3 Å². The zero-order valence-corrected chi connectivity index (χ0v) is 19.4. The molecule has 0 aliphatic carbocycles. The third-order valence-electron chi connectivity index (χ3n) is 5.90. The SMILES string of the molecule is Cc1ccc(-c2noc(-c3ccccc3S(=O)(=O)N3CCN(c4ccc(F)cc4)CC3)n2)cc1. The molecule has 1 aromatic heterocycles. The summed E-state index contributed by atoms with van der Waals surface area (Å²) in [6.07, 6.45) is 0. The third kappa shape index (κ3) is 4.32. The number of nitrogens with zero attached hydrogens (tertiary/aromatic N) is 4. The van der Waals surface area contributed by atoms with Gasteiger partial charge >= 0.3 is 0 Å². The molecule has 7 nitrogen and oxygen atoms in total. The molecule has 174 valence electrons. The highest BCUT2D eigenvalue weighted by molar-refractivity contribution is 7.89. The van der Waals surface area contributed by atoms with Gasteiger partial charge < -0.3 is 9.42 Å². The lowest BCUT2D eigenvalue weighted by atomic mass is 10.1. The van der Waals surface area contributed by atoms with E-state index in [1.54, 1.807) is 36.4 Å². The van der Waals surface area contributed by atoms with Crippen LogP contribution in [0, 0.1) is 12.7 Å². The van der Waals surface area contributed by atoms with E-state index in [4.69, 9.17) is 4.52 Å². The van der Waals surface area contributed by atoms with E-state index in [9.17, 15) is 12.8 Å². The number of aryl methyl sites for hydroxylation is 1. The maximum absolute atomic E-state index is 13.6. The second kappa shape index (κ2) is 9.00. The number of hydrogen-bond donors (Lipinski definition) is 0. The van der Waals surface area contributed by atoms with Gasteiger partial charge in [0.1, 0.15) is 5.82 Å². The fraction of sp³-hybridized carbons (Fsp3) is 0.200. The van der Waals surface area contributed by atoms with Crippen LogP contribution in [0.5, 0.6) is 0 Å². The summed E-state index contributed by atoms with van der Waals surface area (Å²) in [7, 11) is -3.80. The monoisotopic (exact) mass is 478 g/mol. The zero-order valence-electron chi connectivity index (χ0n) is 18.6. The summed E-state index contributed by atoms with van der Waals surface area (Å²) in [5, 5.41) is 4.05. The van der Waals surface area contributed by atoms with E-state index >= 15 is 0 Å². The quantitative estimate of drug-likeness (QED) is 0.424. The number of anilines is 1. The molecule has 9 heteroatoms. The lowest BCUT2D eigenvalue weighted by molar-refractivity contribution is 0.384. The van der Waals surface area contributed by atoms with Gasteiger partial charge in [0.2, 0.25) is 15.8 Å². The summed E-state index contributed by atoms with van der Waals surface area (Å²) in [5.74, 6) is 0.253. The van der Waals surface area contributed by atoms with Crippen LogP contribution in [0.4, 0.5) is 10.1 Å². The van der Waals surface area contributed by atoms with Gasteiger partial charge in [0.05, 0.1) is 10.5 Å². The molecule has 2 heterocycles. The fourth-order valence-corrected chi connectivity index (χ4v) is 5.60. The molecular weight excluding hydrogens is 455 g/mol. The molecule has 1 aliphatic rings. The zero-order chi connectivity index (χ0) is 23.7. The Hall–Kier alpha value is -3.56. The minimum atomic E-state index is -3.80. The Bertz CT molecular complexity index is 1390. The maximum atomic E-state index is 13.6. The molecule has 34 heavy (non-hydrogen) atoms. The topological polar surface area (TPSA) is 79.5 Å². The van der Waals surface area contributed by atoms with Crippen LogP contribution in [0.15, 0.2) is 82.2 Å². The second-order valence-corrected chi connectivity index (χ2v) is 10.1. The molecule has 4 aromatic rings. The van der Waals surface area contributed by atoms with E-state index in [0.29, 0.717) is 37.6 Å². The van der Waals surface area contributed by atoms with Crippen molar-refractivity contribution >= 4 is 15.7 Å². The average Bonchev–Trinajstić information content (AvgIpc) is 3.35. The average molecular weight is 479 g/mol. The van der Waals surface area contributed by atoms with Gasteiger partial charge in [0.15, 0.2) is 0 Å². The molecular formula is C25H23FN4O3S. The van der Waals surface area contributed by atoms with E-state index in [2.05, 4.69) is 10.1 Å². The molecule has 0 unspecified atom stereocenters. The summed E-state index contributed by atoms with van der Waals surface area (Å²) in [4.78, 5) is 6.63. The minimum absolute atomic E-state index is 0.129. The lowest BCUT2D eigenvalue weighted by Gasteiger charge is -2.35. The van der Waals surface area contributed by atoms with Crippen LogP contribution >= 0.6 is 0 Å². The molecule has 0 atom stereocenters. The van der Waals surface area contributed by atoms with Gasteiger partial charge in [-0.3, -0.25) is 0 Å². The summed E-state index contributed by atoms with van der Waals surface area (Å²) in [6.45, 7) is 3.63. The van der Waals surface area contributed by atoms with E-state index in [-0.39, 0.29) is 16.6 Å². The van der Waals surface area contributed by atoms with Crippen LogP contribution < -0.4 is 4.90 Å². The van der Waals surface area contributed by atoms with Crippen LogP contribution in [-0.2, 0) is 10.0 Å². The van der Waals surface area contributed by atoms with E-state index in [0.717, 1.165) is 16.8 Å². The fourth-order valence-electron chi connectivity index (χ4n) is 4.00. The second-order valence-electron chi connectivity index (χ2n) is 8.15. The van der Waals surface area contributed by atoms with Crippen molar-refractivity contribution in [3.05, 3.63) is 84.2 Å². The van der Waals surface area contributed by atoms with Gasteiger partial charge in [-0.1, -0.05) is 47.1 Å². The highest BCUT2D eigenvalue weighted by atomic mass is 32.2. The molecule has 0 radical (unpaired) electrons. The normalized spacial score (nSPS) is 14.9. The highest BCUT2D eigenvalue weighted by Gasteiger charge is 2.31. The summed E-state index contributed by atoms with van der Waals surface area (Å²) < 4.78 is 47.3. The summed E-state index contributed by atoms with van der Waals surface area (Å²) in [5.41, 5.74) is 3.14. The van der Waals surface area contributed by atoms with Crippen molar-refractivity contribution in [3.8, 4) is 22.8 Å². The minimum Gasteiger partial charge on any atom is -0.369 e. The van der Waals surface area contributed by atoms with Crippen LogP contribution in [-0.4, -0.2) is 49.0 Å². The van der Waals surface area contributed by atoms with Crippen molar-refractivity contribution in [3.63, 3.8) is 0 Å². The van der Waals surface area contributed by atoms with E-state index < -0.39 is 10.0 Å². The Morgan fingerprint density at radius 3 is 2.26 bits per heavy atom. The Balaban J connectivity index is 1.39. The highest BCUT2D eigenvalue weighted by Crippen LogP contribution is 2.31. The van der Waals surface area contributed by atoms with E-state index in [1.807, 2.05) is 36.1 Å². The molecule has 1 aliphatic heterocycles.